The third kappa shape index (κ3) is 5.26. The molecule has 0 radical (unpaired) electrons. The number of hydrogen-bond acceptors (Lipinski definition) is 2. The second-order valence-corrected chi connectivity index (χ2v) is 6.30. The molecule has 0 heterocycles. The molecule has 0 amide bonds. The molecule has 0 aromatic heterocycles. The summed E-state index contributed by atoms with van der Waals surface area (Å²) < 4.78 is 6.38. The highest BCUT2D eigenvalue weighted by molar-refractivity contribution is 5.22. The van der Waals surface area contributed by atoms with Gasteiger partial charge in [-0.05, 0) is 44.8 Å². The average molecular weight is 277 g/mol. The summed E-state index contributed by atoms with van der Waals surface area (Å²) in [6.45, 7) is 8.56. The van der Waals surface area contributed by atoms with Crippen LogP contribution in [0, 0.1) is 5.92 Å². The fourth-order valence-corrected chi connectivity index (χ4v) is 2.47. The lowest BCUT2D eigenvalue weighted by Crippen LogP contribution is -2.32. The number of ether oxygens (including phenoxy) is 1. The second kappa shape index (κ2) is 8.43. The van der Waals surface area contributed by atoms with E-state index in [4.69, 9.17) is 4.74 Å². The summed E-state index contributed by atoms with van der Waals surface area (Å²) in [4.78, 5) is 2.17. The first-order valence-corrected chi connectivity index (χ1v) is 7.84. The van der Waals surface area contributed by atoms with Crippen LogP contribution in [-0.2, 0) is 10.3 Å². The van der Waals surface area contributed by atoms with Crippen molar-refractivity contribution < 1.29 is 4.74 Å². The predicted molar refractivity (Wildman–Crippen MR) is 87.0 cm³/mol. The van der Waals surface area contributed by atoms with Crippen molar-refractivity contribution in [1.82, 2.24) is 4.90 Å². The van der Waals surface area contributed by atoms with Crippen LogP contribution >= 0.6 is 0 Å². The Morgan fingerprint density at radius 1 is 1.15 bits per heavy atom. The number of nitrogens with zero attached hydrogens (tertiary/aromatic N) is 1. The summed E-state index contributed by atoms with van der Waals surface area (Å²) >= 11 is 0. The van der Waals surface area contributed by atoms with Crippen molar-refractivity contribution in [2.45, 2.75) is 45.6 Å². The van der Waals surface area contributed by atoms with E-state index in [1.807, 2.05) is 0 Å². The summed E-state index contributed by atoms with van der Waals surface area (Å²) in [6, 6.07) is 10.7. The molecule has 0 bridgehead atoms. The SMILES string of the molecule is CCC(CCC(C)C)(OCCN(C)C)c1ccccc1. The van der Waals surface area contributed by atoms with Crippen molar-refractivity contribution in [2.24, 2.45) is 5.92 Å². The van der Waals surface area contributed by atoms with Gasteiger partial charge in [-0.15, -0.1) is 0 Å². The summed E-state index contributed by atoms with van der Waals surface area (Å²) in [5.74, 6) is 0.710. The van der Waals surface area contributed by atoms with Crippen LogP contribution in [0.25, 0.3) is 0 Å². The van der Waals surface area contributed by atoms with Gasteiger partial charge in [-0.3, -0.25) is 0 Å². The van der Waals surface area contributed by atoms with E-state index < -0.39 is 0 Å². The molecule has 0 saturated heterocycles. The fraction of sp³-hybridized carbons (Fsp3) is 0.667. The summed E-state index contributed by atoms with van der Waals surface area (Å²) in [5.41, 5.74) is 1.20. The van der Waals surface area contributed by atoms with Crippen molar-refractivity contribution >= 4 is 0 Å². The first-order chi connectivity index (χ1) is 9.50. The zero-order valence-electron chi connectivity index (χ0n) is 13.9. The van der Waals surface area contributed by atoms with Crippen molar-refractivity contribution in [1.29, 1.82) is 0 Å². The second-order valence-electron chi connectivity index (χ2n) is 6.30. The van der Waals surface area contributed by atoms with E-state index in [9.17, 15) is 0 Å². The van der Waals surface area contributed by atoms with Crippen molar-refractivity contribution in [2.75, 3.05) is 27.2 Å². The molecule has 1 atom stereocenters. The molecule has 1 rings (SSSR count). The topological polar surface area (TPSA) is 12.5 Å². The molecular formula is C18H31NO. The van der Waals surface area contributed by atoms with Gasteiger partial charge in [0, 0.05) is 6.54 Å². The monoisotopic (exact) mass is 277 g/mol. The third-order valence-electron chi connectivity index (χ3n) is 3.91. The van der Waals surface area contributed by atoms with E-state index in [1.165, 1.54) is 12.0 Å². The maximum Gasteiger partial charge on any atom is 0.0929 e. The number of benzene rings is 1. The Morgan fingerprint density at radius 2 is 1.80 bits per heavy atom. The fourth-order valence-electron chi connectivity index (χ4n) is 2.47. The Balaban J connectivity index is 2.84. The van der Waals surface area contributed by atoms with Gasteiger partial charge in [-0.25, -0.2) is 0 Å². The molecule has 1 unspecified atom stereocenters. The van der Waals surface area contributed by atoms with Gasteiger partial charge in [-0.2, -0.15) is 0 Å². The Morgan fingerprint density at radius 3 is 2.30 bits per heavy atom. The molecule has 2 heteroatoms. The van der Waals surface area contributed by atoms with Gasteiger partial charge in [0.05, 0.1) is 12.2 Å². The molecule has 0 spiro atoms. The van der Waals surface area contributed by atoms with Gasteiger partial charge >= 0.3 is 0 Å². The van der Waals surface area contributed by atoms with E-state index in [1.54, 1.807) is 0 Å². The number of rotatable bonds is 9. The molecule has 20 heavy (non-hydrogen) atoms. The van der Waals surface area contributed by atoms with Crippen LogP contribution in [0.4, 0.5) is 0 Å². The lowest BCUT2D eigenvalue weighted by Gasteiger charge is -2.35. The summed E-state index contributed by atoms with van der Waals surface area (Å²) in [6.07, 6.45) is 3.32. The Kier molecular flexibility index (Phi) is 7.25. The van der Waals surface area contributed by atoms with Crippen LogP contribution in [-0.4, -0.2) is 32.1 Å². The van der Waals surface area contributed by atoms with Gasteiger partial charge in [-0.1, -0.05) is 51.1 Å². The van der Waals surface area contributed by atoms with Gasteiger partial charge < -0.3 is 9.64 Å². The standard InChI is InChI=1S/C18H31NO/c1-6-18(13-12-16(2)3,20-15-14-19(4)5)17-10-8-7-9-11-17/h7-11,16H,6,12-15H2,1-5H3. The predicted octanol–water partition coefficient (Wildman–Crippen LogP) is 4.31. The Hall–Kier alpha value is -0.860. The highest BCUT2D eigenvalue weighted by Gasteiger charge is 2.31. The van der Waals surface area contributed by atoms with Gasteiger partial charge in [0.25, 0.3) is 0 Å². The minimum absolute atomic E-state index is 0.123. The molecule has 2 nitrogen and oxygen atoms in total. The lowest BCUT2D eigenvalue weighted by molar-refractivity contribution is -0.0669. The number of likely N-dealkylation sites (N-methyl/N-ethyl adjacent to an activating group) is 1. The first kappa shape index (κ1) is 17.2. The quantitative estimate of drug-likeness (QED) is 0.667. The minimum atomic E-state index is -0.123. The maximum atomic E-state index is 6.38. The average Bonchev–Trinajstić information content (AvgIpc) is 2.43. The van der Waals surface area contributed by atoms with Crippen LogP contribution < -0.4 is 0 Å². The summed E-state index contributed by atoms with van der Waals surface area (Å²) in [5, 5.41) is 0. The zero-order valence-corrected chi connectivity index (χ0v) is 13.9. The zero-order chi connectivity index (χ0) is 15.0. The molecule has 0 aliphatic heterocycles. The van der Waals surface area contributed by atoms with Crippen LogP contribution in [0.15, 0.2) is 30.3 Å². The molecule has 0 fully saturated rings. The van der Waals surface area contributed by atoms with Crippen LogP contribution in [0.1, 0.15) is 45.6 Å². The Labute approximate surface area is 125 Å². The molecule has 1 aromatic rings. The first-order valence-electron chi connectivity index (χ1n) is 7.84. The largest absolute Gasteiger partial charge is 0.369 e. The van der Waals surface area contributed by atoms with Crippen LogP contribution in [0.5, 0.6) is 0 Å². The highest BCUT2D eigenvalue weighted by atomic mass is 16.5. The van der Waals surface area contributed by atoms with Crippen LogP contribution in [0.2, 0.25) is 0 Å². The molecule has 1 aromatic carbocycles. The van der Waals surface area contributed by atoms with Gasteiger partial charge in [0.2, 0.25) is 0 Å². The molecule has 0 aliphatic carbocycles. The molecule has 0 aliphatic rings. The minimum Gasteiger partial charge on any atom is -0.369 e. The lowest BCUT2D eigenvalue weighted by atomic mass is 9.84. The van der Waals surface area contributed by atoms with Crippen LogP contribution in [0.3, 0.4) is 0 Å². The highest BCUT2D eigenvalue weighted by Crippen LogP contribution is 2.35. The van der Waals surface area contributed by atoms with E-state index in [0.717, 1.165) is 26.0 Å². The normalized spacial score (nSPS) is 14.8. The Bertz CT molecular complexity index is 361. The maximum absolute atomic E-state index is 6.38. The molecule has 0 saturated carbocycles. The van der Waals surface area contributed by atoms with E-state index >= 15 is 0 Å². The van der Waals surface area contributed by atoms with E-state index in [0.29, 0.717) is 5.92 Å². The van der Waals surface area contributed by atoms with Crippen molar-refractivity contribution in [3.63, 3.8) is 0 Å². The third-order valence-corrected chi connectivity index (χ3v) is 3.91. The van der Waals surface area contributed by atoms with E-state index in [2.05, 4.69) is 70.1 Å². The summed E-state index contributed by atoms with van der Waals surface area (Å²) in [7, 11) is 4.18. The van der Waals surface area contributed by atoms with E-state index in [-0.39, 0.29) is 5.60 Å². The van der Waals surface area contributed by atoms with Gasteiger partial charge in [0.1, 0.15) is 0 Å². The van der Waals surface area contributed by atoms with Crippen molar-refractivity contribution in [3.8, 4) is 0 Å². The smallest absolute Gasteiger partial charge is 0.0929 e. The van der Waals surface area contributed by atoms with Crippen molar-refractivity contribution in [3.05, 3.63) is 35.9 Å². The molecule has 0 N–H and O–H groups in total. The number of hydrogen-bond donors (Lipinski definition) is 0. The molecule has 114 valence electrons. The van der Waals surface area contributed by atoms with Gasteiger partial charge in [0.15, 0.2) is 0 Å². The molecular weight excluding hydrogens is 246 g/mol.